The molecule has 0 saturated heterocycles. The average molecular weight is 904 g/mol. The smallest absolute Gasteiger partial charge is 0.312 e. The molecule has 8 fully saturated rings. The molecule has 4 unspecified atom stereocenters. The molecule has 0 N–H and O–H groups in total. The summed E-state index contributed by atoms with van der Waals surface area (Å²) in [5, 5.41) is 0. The molecule has 0 radical (unpaired) electrons. The van der Waals surface area contributed by atoms with Gasteiger partial charge in [0.2, 0.25) is 0 Å². The number of carbonyl (C=O) groups excluding carboxylic acids is 1. The minimum atomic E-state index is -0.234. The highest BCUT2D eigenvalue weighted by Gasteiger charge is 2.68. The maximum Gasteiger partial charge on any atom is 0.312 e. The van der Waals surface area contributed by atoms with Crippen LogP contribution in [0.4, 0.5) is 0 Å². The van der Waals surface area contributed by atoms with E-state index in [1.54, 1.807) is 5.57 Å². The van der Waals surface area contributed by atoms with Crippen LogP contribution in [0.25, 0.3) is 0 Å². The summed E-state index contributed by atoms with van der Waals surface area (Å²) in [4.78, 5) is 15.1. The lowest BCUT2D eigenvalue weighted by Crippen LogP contribution is -2.62. The molecular formula is C63H114O2. The number of esters is 1. The highest BCUT2D eigenvalue weighted by molar-refractivity contribution is 5.78. The van der Waals surface area contributed by atoms with Crippen molar-refractivity contribution in [2.24, 2.45) is 104 Å². The summed E-state index contributed by atoms with van der Waals surface area (Å²) in [6, 6.07) is 0. The van der Waals surface area contributed by atoms with Crippen molar-refractivity contribution < 1.29 is 9.53 Å². The van der Waals surface area contributed by atoms with Gasteiger partial charge in [0.1, 0.15) is 6.10 Å². The lowest BCUT2D eigenvalue weighted by atomic mass is 9.36. The van der Waals surface area contributed by atoms with Gasteiger partial charge in [0.25, 0.3) is 0 Å². The molecule has 0 amide bonds. The van der Waals surface area contributed by atoms with Gasteiger partial charge in [-0.05, 0) is 214 Å². The summed E-state index contributed by atoms with van der Waals surface area (Å²) in [6.45, 7) is 41.9. The van der Waals surface area contributed by atoms with Crippen LogP contribution in [0.15, 0.2) is 11.6 Å². The van der Waals surface area contributed by atoms with Crippen LogP contribution in [0, 0.1) is 104 Å². The van der Waals surface area contributed by atoms with E-state index < -0.39 is 0 Å². The van der Waals surface area contributed by atoms with E-state index in [9.17, 15) is 0 Å². The van der Waals surface area contributed by atoms with Crippen LogP contribution in [0.2, 0.25) is 0 Å². The molecule has 9 rings (SSSR count). The predicted octanol–water partition coefficient (Wildman–Crippen LogP) is 19.5. The zero-order chi connectivity index (χ0) is 48.3. The van der Waals surface area contributed by atoms with Crippen LogP contribution < -0.4 is 0 Å². The third-order valence-electron chi connectivity index (χ3n) is 22.8. The molecule has 2 nitrogen and oxygen atoms in total. The minimum absolute atomic E-state index is 0.0907. The first kappa shape index (κ1) is 55.1. The molecule has 0 aromatic heterocycles. The van der Waals surface area contributed by atoms with Gasteiger partial charge in [0.05, 0.1) is 5.41 Å². The van der Waals surface area contributed by atoms with Crippen LogP contribution in [0.1, 0.15) is 272 Å². The first-order chi connectivity index (χ1) is 31.0. The zero-order valence-electron chi connectivity index (χ0n) is 47.2. The third kappa shape index (κ3) is 9.58. The Labute approximate surface area is 407 Å². The van der Waals surface area contributed by atoms with Crippen molar-refractivity contribution in [1.82, 2.24) is 0 Å². The fourth-order valence-electron chi connectivity index (χ4n) is 20.0. The summed E-state index contributed by atoms with van der Waals surface area (Å²) in [6.07, 6.45) is 33.7. The summed E-state index contributed by atoms with van der Waals surface area (Å²) in [5.41, 5.74) is 3.75. The highest BCUT2D eigenvalue weighted by atomic mass is 16.5. The molecule has 0 aromatic rings. The second kappa shape index (κ2) is 22.1. The Kier molecular flexibility index (Phi) is 18.7. The van der Waals surface area contributed by atoms with Crippen molar-refractivity contribution in [3.63, 3.8) is 0 Å². The van der Waals surface area contributed by atoms with Gasteiger partial charge in [-0.2, -0.15) is 0 Å². The molecular weight excluding hydrogens is 789 g/mol. The van der Waals surface area contributed by atoms with Gasteiger partial charge in [-0.15, -0.1) is 0 Å². The van der Waals surface area contributed by atoms with Crippen LogP contribution in [0.3, 0.4) is 0 Å². The molecule has 0 spiro atoms. The van der Waals surface area contributed by atoms with E-state index in [1.807, 2.05) is 55.4 Å². The van der Waals surface area contributed by atoms with Crippen molar-refractivity contribution in [2.45, 2.75) is 278 Å². The maximum atomic E-state index is 15.1. The van der Waals surface area contributed by atoms with E-state index in [-0.39, 0.29) is 17.5 Å². The molecule has 9 aliphatic rings. The Balaban J connectivity index is 0.000000942. The zero-order valence-corrected chi connectivity index (χ0v) is 47.2. The largest absolute Gasteiger partial charge is 0.462 e. The number of hydrogen-bond donors (Lipinski definition) is 0. The SMILES string of the molecule is CC.CC.CC.CC.CC(C)CCCC[C@H]1CC[C@H]2[C@@H]3CC=C4C[C@@H](OC(=O)[C@]56CCC(C(C)C)C5[C@H]5CC[C@H]7[C@@](C)(CCC8C(C)(C)CCC[C@@]87C)C5CC6)CC[C@]4(C)[C@H]3CC[C@]12C. The number of rotatable bonds is 8. The Hall–Kier alpha value is -0.790. The van der Waals surface area contributed by atoms with E-state index in [4.69, 9.17) is 4.74 Å². The molecule has 0 aromatic carbocycles. The van der Waals surface area contributed by atoms with Gasteiger partial charge < -0.3 is 4.74 Å². The van der Waals surface area contributed by atoms with Crippen molar-refractivity contribution >= 4 is 5.97 Å². The van der Waals surface area contributed by atoms with Gasteiger partial charge in [-0.1, -0.05) is 162 Å². The van der Waals surface area contributed by atoms with Crippen LogP contribution in [0.5, 0.6) is 0 Å². The predicted molar refractivity (Wildman–Crippen MR) is 283 cm³/mol. The molecule has 0 heterocycles. The van der Waals surface area contributed by atoms with Crippen LogP contribution in [-0.4, -0.2) is 12.1 Å². The van der Waals surface area contributed by atoms with Crippen molar-refractivity contribution in [3.8, 4) is 0 Å². The van der Waals surface area contributed by atoms with E-state index in [2.05, 4.69) is 75.3 Å². The molecule has 65 heavy (non-hydrogen) atoms. The number of unbranched alkanes of at least 4 members (excludes halogenated alkanes) is 1. The van der Waals surface area contributed by atoms with E-state index in [1.165, 1.54) is 122 Å². The minimum Gasteiger partial charge on any atom is -0.462 e. The van der Waals surface area contributed by atoms with E-state index in [0.29, 0.717) is 50.7 Å². The lowest BCUT2D eigenvalue weighted by Gasteiger charge is -2.69. The summed E-state index contributed by atoms with van der Waals surface area (Å²) >= 11 is 0. The fraction of sp³-hybridized carbons (Fsp3) is 0.952. The first-order valence-corrected chi connectivity index (χ1v) is 29.9. The number of fused-ring (bicyclic) bond motifs is 12. The Bertz CT molecular complexity index is 1540. The molecule has 16 atom stereocenters. The van der Waals surface area contributed by atoms with Gasteiger partial charge in [0, 0.05) is 6.42 Å². The fourth-order valence-corrected chi connectivity index (χ4v) is 20.0. The summed E-state index contributed by atoms with van der Waals surface area (Å²) in [7, 11) is 0. The third-order valence-corrected chi connectivity index (χ3v) is 22.8. The van der Waals surface area contributed by atoms with Gasteiger partial charge in [-0.25, -0.2) is 0 Å². The molecule has 378 valence electrons. The second-order valence-electron chi connectivity index (χ2n) is 26.0. The number of carbonyl (C=O) groups is 1. The van der Waals surface area contributed by atoms with E-state index >= 15 is 4.79 Å². The van der Waals surface area contributed by atoms with Crippen molar-refractivity contribution in [2.75, 3.05) is 0 Å². The monoisotopic (exact) mass is 903 g/mol. The highest BCUT2D eigenvalue weighted by Crippen LogP contribution is 2.74. The normalized spacial score (nSPS) is 45.2. The number of ether oxygens (including phenoxy) is 1. The first-order valence-electron chi connectivity index (χ1n) is 29.9. The van der Waals surface area contributed by atoms with Crippen molar-refractivity contribution in [3.05, 3.63) is 11.6 Å². The molecule has 8 saturated carbocycles. The summed E-state index contributed by atoms with van der Waals surface area (Å²) in [5.74, 6) is 9.76. The molecule has 2 heteroatoms. The quantitative estimate of drug-likeness (QED) is 0.138. The maximum absolute atomic E-state index is 15.1. The van der Waals surface area contributed by atoms with Crippen LogP contribution >= 0.6 is 0 Å². The summed E-state index contributed by atoms with van der Waals surface area (Å²) < 4.78 is 7.00. The topological polar surface area (TPSA) is 26.3 Å². The van der Waals surface area contributed by atoms with Crippen molar-refractivity contribution in [1.29, 1.82) is 0 Å². The van der Waals surface area contributed by atoms with Gasteiger partial charge in [-0.3, -0.25) is 4.79 Å². The second-order valence-corrected chi connectivity index (χ2v) is 26.0. The number of hydrogen-bond acceptors (Lipinski definition) is 2. The average Bonchev–Trinajstić information content (AvgIpc) is 3.87. The Morgan fingerprint density at radius 3 is 1.94 bits per heavy atom. The number of allylic oxidation sites excluding steroid dienone is 1. The van der Waals surface area contributed by atoms with Gasteiger partial charge in [0.15, 0.2) is 0 Å². The molecule has 9 aliphatic carbocycles. The molecule has 0 bridgehead atoms. The lowest BCUT2D eigenvalue weighted by molar-refractivity contribution is -0.207. The Morgan fingerprint density at radius 2 is 1.26 bits per heavy atom. The van der Waals surface area contributed by atoms with E-state index in [0.717, 1.165) is 73.0 Å². The Morgan fingerprint density at radius 1 is 0.615 bits per heavy atom. The van der Waals surface area contributed by atoms with Gasteiger partial charge >= 0.3 is 5.97 Å². The molecule has 0 aliphatic heterocycles. The standard InChI is InChI=1S/C55H90O2.4C2H6/c1-35(2)14-11-12-15-37-17-20-43-41-18-16-38-34-39(22-29-52(38,8)44(41)24-30-51(37,43)7)57-49(56)55-32-23-40(36(3)4)48(55)42-19-21-47-53(9,45(42)25-33-55)31-26-46-50(5,6)27-13-28-54(46,47)10;4*1-2/h16,35-37,39-48H,11-15,17-34H2,1-10H3;4*1-2H3/t37-,39-,40?,41-,42-,43-,44-,45?,46?,47-,48?,51+,52-,53-,54-,55-;;;;/m0..../s1. The van der Waals surface area contributed by atoms with Crippen LogP contribution in [-0.2, 0) is 9.53 Å².